The molecule has 1 aromatic heterocycles. The van der Waals surface area contributed by atoms with Crippen molar-refractivity contribution in [2.24, 2.45) is 5.73 Å². The number of thiophene rings is 1. The van der Waals surface area contributed by atoms with Gasteiger partial charge in [-0.05, 0) is 49.4 Å². The average Bonchev–Trinajstić information content (AvgIpc) is 2.92. The molecule has 5 nitrogen and oxygen atoms in total. The zero-order valence-electron chi connectivity index (χ0n) is 12.7. The molecule has 1 aromatic carbocycles. The first-order valence-corrected chi connectivity index (χ1v) is 8.28. The number of carbonyl (C=O) groups is 2. The van der Waals surface area contributed by atoms with Gasteiger partial charge in [0.05, 0.1) is 22.8 Å². The zero-order valence-corrected chi connectivity index (χ0v) is 13.5. The van der Waals surface area contributed by atoms with Crippen LogP contribution in [0.15, 0.2) is 18.2 Å². The van der Waals surface area contributed by atoms with Crippen LogP contribution in [0.2, 0.25) is 0 Å². The number of amides is 2. The van der Waals surface area contributed by atoms with Crippen LogP contribution in [-0.2, 0) is 12.8 Å². The second-order valence-electron chi connectivity index (χ2n) is 5.54. The summed E-state index contributed by atoms with van der Waals surface area (Å²) in [5.74, 6) is -2.04. The highest BCUT2D eigenvalue weighted by Gasteiger charge is 2.25. The lowest BCUT2D eigenvalue weighted by atomic mass is 9.95. The Bertz CT molecular complexity index is 883. The van der Waals surface area contributed by atoms with Gasteiger partial charge < -0.3 is 11.1 Å². The van der Waals surface area contributed by atoms with Crippen molar-refractivity contribution >= 4 is 28.2 Å². The van der Waals surface area contributed by atoms with E-state index in [1.165, 1.54) is 23.5 Å². The van der Waals surface area contributed by atoms with Crippen molar-refractivity contribution < 1.29 is 14.0 Å². The highest BCUT2D eigenvalue weighted by Crippen LogP contribution is 2.38. The van der Waals surface area contributed by atoms with Gasteiger partial charge in [0.1, 0.15) is 10.8 Å². The molecule has 0 aliphatic heterocycles. The molecule has 1 heterocycles. The molecule has 0 atom stereocenters. The van der Waals surface area contributed by atoms with Crippen molar-refractivity contribution in [3.8, 4) is 6.07 Å². The molecule has 3 rings (SSSR count). The lowest BCUT2D eigenvalue weighted by molar-refractivity contribution is 0.100. The predicted molar refractivity (Wildman–Crippen MR) is 88.5 cm³/mol. The van der Waals surface area contributed by atoms with Gasteiger partial charge in [0.15, 0.2) is 0 Å². The molecule has 0 spiro atoms. The topological polar surface area (TPSA) is 96.0 Å². The number of nitrogens with one attached hydrogen (secondary N) is 1. The van der Waals surface area contributed by atoms with E-state index in [1.54, 1.807) is 0 Å². The molecular weight excluding hydrogens is 329 g/mol. The molecule has 2 aromatic rings. The Labute approximate surface area is 141 Å². The lowest BCUT2D eigenvalue weighted by Crippen LogP contribution is -2.19. The summed E-state index contributed by atoms with van der Waals surface area (Å²) in [6, 6.07) is 5.43. The Morgan fingerprint density at radius 2 is 2.04 bits per heavy atom. The number of hydrogen-bond acceptors (Lipinski definition) is 4. The molecule has 0 fully saturated rings. The second-order valence-corrected chi connectivity index (χ2v) is 6.64. The number of fused-ring (bicyclic) bond motifs is 1. The Kier molecular flexibility index (Phi) is 4.32. The number of primary amides is 1. The first kappa shape index (κ1) is 16.1. The maximum absolute atomic E-state index is 14.0. The van der Waals surface area contributed by atoms with E-state index in [9.17, 15) is 14.0 Å². The number of carbonyl (C=O) groups excluding carboxylic acids is 2. The summed E-state index contributed by atoms with van der Waals surface area (Å²) in [5, 5.41) is 11.7. The summed E-state index contributed by atoms with van der Waals surface area (Å²) < 4.78 is 14.0. The number of halogens is 1. The standard InChI is InChI=1S/C17H14FN3O2S/c18-12-7-9(8-19)5-6-10(12)16(23)21-17-14(15(20)22)11-3-1-2-4-13(11)24-17/h5-7H,1-4H2,(H2,20,22)(H,21,23). The first-order valence-electron chi connectivity index (χ1n) is 7.46. The van der Waals surface area contributed by atoms with Crippen LogP contribution in [-0.4, -0.2) is 11.8 Å². The van der Waals surface area contributed by atoms with Gasteiger partial charge in [-0.25, -0.2) is 4.39 Å². The van der Waals surface area contributed by atoms with Crippen LogP contribution in [0.4, 0.5) is 9.39 Å². The summed E-state index contributed by atoms with van der Waals surface area (Å²) in [5.41, 5.74) is 6.65. The second kappa shape index (κ2) is 6.42. The minimum atomic E-state index is -0.784. The monoisotopic (exact) mass is 343 g/mol. The van der Waals surface area contributed by atoms with Crippen molar-refractivity contribution in [3.63, 3.8) is 0 Å². The van der Waals surface area contributed by atoms with Crippen LogP contribution in [0, 0.1) is 17.1 Å². The number of nitriles is 1. The van der Waals surface area contributed by atoms with Gasteiger partial charge in [-0.3, -0.25) is 9.59 Å². The molecule has 122 valence electrons. The molecule has 0 unspecified atom stereocenters. The number of rotatable bonds is 3. The minimum absolute atomic E-state index is 0.133. The molecule has 1 aliphatic carbocycles. The fraction of sp³-hybridized carbons (Fsp3) is 0.235. The third-order valence-electron chi connectivity index (χ3n) is 3.99. The quantitative estimate of drug-likeness (QED) is 0.896. The normalized spacial score (nSPS) is 13.0. The van der Waals surface area contributed by atoms with Gasteiger partial charge in [0, 0.05) is 4.88 Å². The van der Waals surface area contributed by atoms with Gasteiger partial charge >= 0.3 is 0 Å². The number of nitrogens with two attached hydrogens (primary N) is 1. The van der Waals surface area contributed by atoms with E-state index in [-0.39, 0.29) is 11.1 Å². The van der Waals surface area contributed by atoms with E-state index >= 15 is 0 Å². The summed E-state index contributed by atoms with van der Waals surface area (Å²) >= 11 is 1.32. The summed E-state index contributed by atoms with van der Waals surface area (Å²) in [7, 11) is 0. The smallest absolute Gasteiger partial charge is 0.259 e. The first-order chi connectivity index (χ1) is 11.5. The fourth-order valence-electron chi connectivity index (χ4n) is 2.85. The van der Waals surface area contributed by atoms with Crippen molar-refractivity contribution in [1.29, 1.82) is 5.26 Å². The molecule has 0 saturated heterocycles. The van der Waals surface area contributed by atoms with E-state index in [1.807, 2.05) is 6.07 Å². The highest BCUT2D eigenvalue weighted by atomic mass is 32.1. The maximum atomic E-state index is 14.0. The van der Waals surface area contributed by atoms with Crippen LogP contribution in [0.5, 0.6) is 0 Å². The van der Waals surface area contributed by atoms with Gasteiger partial charge in [0.25, 0.3) is 11.8 Å². The Hall–Kier alpha value is -2.72. The SMILES string of the molecule is N#Cc1ccc(C(=O)Nc2sc3c(c2C(N)=O)CCCC3)c(F)c1. The van der Waals surface area contributed by atoms with Crippen molar-refractivity contribution in [3.05, 3.63) is 51.1 Å². The number of nitrogens with zero attached hydrogens (tertiary/aromatic N) is 1. The summed E-state index contributed by atoms with van der Waals surface area (Å²) in [6.45, 7) is 0. The number of benzene rings is 1. The molecule has 24 heavy (non-hydrogen) atoms. The Balaban J connectivity index is 1.94. The summed E-state index contributed by atoms with van der Waals surface area (Å²) in [4.78, 5) is 25.2. The number of anilines is 1. The third kappa shape index (κ3) is 2.88. The molecule has 0 radical (unpaired) electrons. The van der Waals surface area contributed by atoms with Crippen LogP contribution in [0.25, 0.3) is 0 Å². The molecule has 1 aliphatic rings. The fourth-order valence-corrected chi connectivity index (χ4v) is 4.14. The van der Waals surface area contributed by atoms with E-state index in [2.05, 4.69) is 5.32 Å². The molecule has 0 saturated carbocycles. The maximum Gasteiger partial charge on any atom is 0.259 e. The van der Waals surface area contributed by atoms with E-state index in [0.29, 0.717) is 10.6 Å². The van der Waals surface area contributed by atoms with Crippen LogP contribution in [0.3, 0.4) is 0 Å². The molecule has 3 N–H and O–H groups in total. The van der Waals surface area contributed by atoms with Crippen LogP contribution in [0.1, 0.15) is 49.6 Å². The molecule has 2 amide bonds. The highest BCUT2D eigenvalue weighted by molar-refractivity contribution is 7.17. The largest absolute Gasteiger partial charge is 0.365 e. The summed E-state index contributed by atoms with van der Waals surface area (Å²) in [6.07, 6.45) is 3.61. The molecule has 7 heteroatoms. The van der Waals surface area contributed by atoms with Gasteiger partial charge in [0.2, 0.25) is 0 Å². The number of aryl methyl sites for hydroxylation is 1. The van der Waals surface area contributed by atoms with Crippen LogP contribution >= 0.6 is 11.3 Å². The average molecular weight is 343 g/mol. The predicted octanol–water partition coefficient (Wildman–Crippen LogP) is 2.99. The van der Waals surface area contributed by atoms with Gasteiger partial charge in [-0.2, -0.15) is 5.26 Å². The minimum Gasteiger partial charge on any atom is -0.365 e. The van der Waals surface area contributed by atoms with Gasteiger partial charge in [-0.15, -0.1) is 11.3 Å². The van der Waals surface area contributed by atoms with Gasteiger partial charge in [-0.1, -0.05) is 0 Å². The molecular formula is C17H14FN3O2S. The lowest BCUT2D eigenvalue weighted by Gasteiger charge is -2.11. The molecule has 0 bridgehead atoms. The Morgan fingerprint density at radius 3 is 2.71 bits per heavy atom. The Morgan fingerprint density at radius 1 is 1.29 bits per heavy atom. The van der Waals surface area contributed by atoms with Crippen LogP contribution < -0.4 is 11.1 Å². The zero-order chi connectivity index (χ0) is 17.3. The van der Waals surface area contributed by atoms with E-state index < -0.39 is 17.6 Å². The number of hydrogen-bond donors (Lipinski definition) is 2. The van der Waals surface area contributed by atoms with E-state index in [0.717, 1.165) is 42.2 Å². The van der Waals surface area contributed by atoms with Crippen molar-refractivity contribution in [1.82, 2.24) is 0 Å². The van der Waals surface area contributed by atoms with Crippen molar-refractivity contribution in [2.75, 3.05) is 5.32 Å². The van der Waals surface area contributed by atoms with E-state index in [4.69, 9.17) is 11.0 Å². The van der Waals surface area contributed by atoms with Crippen molar-refractivity contribution in [2.45, 2.75) is 25.7 Å². The third-order valence-corrected chi connectivity index (χ3v) is 5.19.